The maximum Gasteiger partial charge on any atom is 0.0713 e. The minimum absolute atomic E-state index is 0.118. The Kier molecular flexibility index (Phi) is 4.86. The SMILES string of the molecule is CC1(C)c2ccccc2C2(c3cc(Br)ccc3CCc3cc(Cl)c(Cl)cc32)c2ccccc21. The van der Waals surface area contributed by atoms with Gasteiger partial charge in [0.2, 0.25) is 0 Å². The van der Waals surface area contributed by atoms with Crippen molar-refractivity contribution in [1.82, 2.24) is 0 Å². The molecule has 2 aliphatic carbocycles. The van der Waals surface area contributed by atoms with E-state index in [1.165, 1.54) is 44.5 Å². The van der Waals surface area contributed by atoms with Gasteiger partial charge in [0.15, 0.2) is 0 Å². The molecule has 0 saturated carbocycles. The van der Waals surface area contributed by atoms with E-state index in [2.05, 4.69) is 109 Å². The van der Waals surface area contributed by atoms with Gasteiger partial charge in [-0.3, -0.25) is 0 Å². The Morgan fingerprint density at radius 1 is 0.606 bits per heavy atom. The third kappa shape index (κ3) is 2.89. The zero-order valence-electron chi connectivity index (χ0n) is 18.6. The molecule has 33 heavy (non-hydrogen) atoms. The van der Waals surface area contributed by atoms with E-state index in [9.17, 15) is 0 Å². The van der Waals surface area contributed by atoms with Gasteiger partial charge in [0, 0.05) is 9.89 Å². The van der Waals surface area contributed by atoms with Crippen molar-refractivity contribution >= 4 is 39.1 Å². The van der Waals surface area contributed by atoms with Gasteiger partial charge < -0.3 is 0 Å². The molecule has 1 spiro atoms. The second kappa shape index (κ2) is 7.47. The van der Waals surface area contributed by atoms with Crippen LogP contribution in [0, 0.1) is 0 Å². The van der Waals surface area contributed by atoms with Gasteiger partial charge in [-0.2, -0.15) is 0 Å². The molecule has 0 saturated heterocycles. The number of hydrogen-bond donors (Lipinski definition) is 0. The lowest BCUT2D eigenvalue weighted by molar-refractivity contribution is 0.557. The molecule has 0 atom stereocenters. The maximum absolute atomic E-state index is 6.73. The molecule has 0 unspecified atom stereocenters. The van der Waals surface area contributed by atoms with Gasteiger partial charge in [-0.15, -0.1) is 0 Å². The number of benzene rings is 4. The topological polar surface area (TPSA) is 0 Å². The summed E-state index contributed by atoms with van der Waals surface area (Å²) in [6.45, 7) is 4.68. The minimum atomic E-state index is -0.470. The van der Waals surface area contributed by atoms with Crippen molar-refractivity contribution in [3.05, 3.63) is 138 Å². The molecule has 0 heterocycles. The van der Waals surface area contributed by atoms with Crippen molar-refractivity contribution in [3.8, 4) is 0 Å². The van der Waals surface area contributed by atoms with Crippen molar-refractivity contribution in [2.45, 2.75) is 37.5 Å². The molecule has 0 aliphatic heterocycles. The summed E-state index contributed by atoms with van der Waals surface area (Å²) in [6.07, 6.45) is 1.89. The summed E-state index contributed by atoms with van der Waals surface area (Å²) in [5, 5.41) is 1.23. The third-order valence-corrected chi connectivity index (χ3v) is 8.91. The summed E-state index contributed by atoms with van der Waals surface area (Å²) in [7, 11) is 0. The van der Waals surface area contributed by atoms with Gasteiger partial charge in [0.25, 0.3) is 0 Å². The van der Waals surface area contributed by atoms with E-state index in [0.717, 1.165) is 17.3 Å². The minimum Gasteiger partial charge on any atom is -0.0827 e. The van der Waals surface area contributed by atoms with Crippen LogP contribution in [0.2, 0.25) is 10.0 Å². The summed E-state index contributed by atoms with van der Waals surface area (Å²) < 4.78 is 1.09. The second-order valence-corrected chi connectivity index (χ2v) is 11.4. The van der Waals surface area contributed by atoms with Crippen molar-refractivity contribution in [3.63, 3.8) is 0 Å². The van der Waals surface area contributed by atoms with Crippen LogP contribution >= 0.6 is 39.1 Å². The number of aryl methyl sites for hydroxylation is 2. The molecule has 0 nitrogen and oxygen atoms in total. The van der Waals surface area contributed by atoms with Crippen molar-refractivity contribution in [2.24, 2.45) is 0 Å². The zero-order valence-corrected chi connectivity index (χ0v) is 21.7. The van der Waals surface area contributed by atoms with Crippen LogP contribution < -0.4 is 0 Å². The fraction of sp³-hybridized carbons (Fsp3) is 0.200. The van der Waals surface area contributed by atoms with Crippen LogP contribution in [0.4, 0.5) is 0 Å². The van der Waals surface area contributed by atoms with E-state index in [4.69, 9.17) is 23.2 Å². The van der Waals surface area contributed by atoms with E-state index in [1.807, 2.05) is 0 Å². The van der Waals surface area contributed by atoms with E-state index in [0.29, 0.717) is 10.0 Å². The Morgan fingerprint density at radius 2 is 1.12 bits per heavy atom. The average molecular weight is 534 g/mol. The molecule has 2 aliphatic rings. The molecule has 0 fully saturated rings. The summed E-state index contributed by atoms with van der Waals surface area (Å²) in [5.41, 5.74) is 9.97. The van der Waals surface area contributed by atoms with Gasteiger partial charge >= 0.3 is 0 Å². The quantitative estimate of drug-likeness (QED) is 0.211. The largest absolute Gasteiger partial charge is 0.0827 e. The van der Waals surface area contributed by atoms with Gasteiger partial charge in [0.1, 0.15) is 0 Å². The molecule has 4 aromatic rings. The third-order valence-electron chi connectivity index (χ3n) is 7.70. The monoisotopic (exact) mass is 532 g/mol. The number of hydrogen-bond acceptors (Lipinski definition) is 0. The molecular weight excluding hydrogens is 511 g/mol. The lowest BCUT2D eigenvalue weighted by Gasteiger charge is -2.48. The van der Waals surface area contributed by atoms with E-state index >= 15 is 0 Å². The summed E-state index contributed by atoms with van der Waals surface area (Å²) in [6, 6.07) is 28.9. The highest BCUT2D eigenvalue weighted by Crippen LogP contribution is 2.58. The summed E-state index contributed by atoms with van der Waals surface area (Å²) >= 11 is 17.1. The highest BCUT2D eigenvalue weighted by atomic mass is 79.9. The maximum atomic E-state index is 6.73. The van der Waals surface area contributed by atoms with E-state index in [-0.39, 0.29) is 5.41 Å². The Balaban J connectivity index is 1.90. The van der Waals surface area contributed by atoms with Crippen LogP contribution in [-0.4, -0.2) is 0 Å². The molecule has 4 aromatic carbocycles. The zero-order chi connectivity index (χ0) is 23.0. The van der Waals surface area contributed by atoms with E-state index in [1.54, 1.807) is 0 Å². The molecular formula is C30H23BrCl2. The predicted molar refractivity (Wildman–Crippen MR) is 142 cm³/mol. The Bertz CT molecular complexity index is 1380. The molecule has 3 heteroatoms. The Morgan fingerprint density at radius 3 is 1.76 bits per heavy atom. The van der Waals surface area contributed by atoms with Crippen molar-refractivity contribution in [1.29, 1.82) is 0 Å². The molecule has 6 rings (SSSR count). The number of rotatable bonds is 0. The van der Waals surface area contributed by atoms with Crippen LogP contribution in [0.3, 0.4) is 0 Å². The van der Waals surface area contributed by atoms with Crippen LogP contribution in [0.15, 0.2) is 83.3 Å². The first-order valence-corrected chi connectivity index (χ1v) is 12.9. The highest BCUT2D eigenvalue weighted by molar-refractivity contribution is 9.10. The van der Waals surface area contributed by atoms with Gasteiger partial charge in [0.05, 0.1) is 15.5 Å². The lowest BCUT2D eigenvalue weighted by Crippen LogP contribution is -2.42. The molecule has 0 bridgehead atoms. The van der Waals surface area contributed by atoms with Crippen LogP contribution in [0.5, 0.6) is 0 Å². The number of halogens is 3. The first kappa shape index (κ1) is 21.5. The number of fused-ring (bicyclic) bond motifs is 8. The predicted octanol–water partition coefficient (Wildman–Crippen LogP) is 8.88. The van der Waals surface area contributed by atoms with Gasteiger partial charge in [-0.25, -0.2) is 0 Å². The first-order valence-electron chi connectivity index (χ1n) is 11.3. The fourth-order valence-electron chi connectivity index (χ4n) is 6.25. The standard InChI is InChI=1S/C30H23BrCl2/c1-29(2)21-7-3-5-9-23(21)30(24-10-6-4-8-22(24)29)25-16-20(31)14-13-18(25)11-12-19-15-27(32)28(33)17-26(19)30/h3-10,13-17H,11-12H2,1-2H3. The normalized spacial score (nSPS) is 16.9. The van der Waals surface area contributed by atoms with Crippen LogP contribution in [0.1, 0.15) is 58.4 Å². The summed E-state index contributed by atoms with van der Waals surface area (Å²) in [5.74, 6) is 0. The van der Waals surface area contributed by atoms with Gasteiger partial charge in [-0.05, 0) is 81.6 Å². The Hall–Kier alpha value is -2.06. The van der Waals surface area contributed by atoms with Crippen LogP contribution in [0.25, 0.3) is 0 Å². The first-order chi connectivity index (χ1) is 15.8. The van der Waals surface area contributed by atoms with Gasteiger partial charge in [-0.1, -0.05) is 108 Å². The molecule has 0 radical (unpaired) electrons. The Labute approximate surface area is 213 Å². The molecule has 164 valence electrons. The van der Waals surface area contributed by atoms with Crippen LogP contribution in [-0.2, 0) is 23.7 Å². The van der Waals surface area contributed by atoms with Crippen molar-refractivity contribution in [2.75, 3.05) is 0 Å². The van der Waals surface area contributed by atoms with Crippen molar-refractivity contribution < 1.29 is 0 Å². The summed E-state index contributed by atoms with van der Waals surface area (Å²) in [4.78, 5) is 0. The molecule has 0 N–H and O–H groups in total. The molecule has 0 aromatic heterocycles. The smallest absolute Gasteiger partial charge is 0.0713 e. The van der Waals surface area contributed by atoms with E-state index < -0.39 is 5.41 Å². The fourth-order valence-corrected chi connectivity index (χ4v) is 6.97. The second-order valence-electron chi connectivity index (χ2n) is 9.69. The highest BCUT2D eigenvalue weighted by Gasteiger charge is 2.51. The molecule has 0 amide bonds. The average Bonchev–Trinajstić information content (AvgIpc) is 2.94. The lowest BCUT2D eigenvalue weighted by atomic mass is 9.54.